The van der Waals surface area contributed by atoms with Gasteiger partial charge in [-0.1, -0.05) is 36.7 Å². The number of methoxy groups -OCH3 is 1. The van der Waals surface area contributed by atoms with Gasteiger partial charge in [-0.15, -0.1) is 0 Å². The fraction of sp³-hybridized carbons (Fsp3) is 0.500. The predicted molar refractivity (Wildman–Crippen MR) is 130 cm³/mol. The van der Waals surface area contributed by atoms with Crippen LogP contribution in [0.5, 0.6) is 5.75 Å². The molecule has 0 radical (unpaired) electrons. The third-order valence-corrected chi connectivity index (χ3v) is 7.19. The minimum absolute atomic E-state index is 0.138. The maximum atomic E-state index is 12.9. The molecule has 2 aromatic rings. The molecular weight excluding hydrogens is 422 g/mol. The van der Waals surface area contributed by atoms with Crippen LogP contribution in [0.25, 0.3) is 0 Å². The second-order valence-electron chi connectivity index (χ2n) is 8.98. The number of carbonyl (C=O) groups excluding carboxylic acids is 1. The van der Waals surface area contributed by atoms with Gasteiger partial charge in [0.15, 0.2) is 0 Å². The van der Waals surface area contributed by atoms with E-state index >= 15 is 0 Å². The van der Waals surface area contributed by atoms with Crippen LogP contribution < -0.4 is 15.4 Å². The van der Waals surface area contributed by atoms with E-state index in [1.807, 2.05) is 30.0 Å². The van der Waals surface area contributed by atoms with E-state index < -0.39 is 0 Å². The zero-order valence-electron chi connectivity index (χ0n) is 19.1. The quantitative estimate of drug-likeness (QED) is 0.658. The molecule has 5 nitrogen and oxygen atoms in total. The number of fused-ring (bicyclic) bond motifs is 1. The van der Waals surface area contributed by atoms with Gasteiger partial charge in [-0.25, -0.2) is 0 Å². The molecule has 2 aromatic carbocycles. The van der Waals surface area contributed by atoms with Crippen molar-refractivity contribution in [2.75, 3.05) is 25.1 Å². The first kappa shape index (κ1) is 23.1. The van der Waals surface area contributed by atoms with E-state index in [1.165, 1.54) is 23.1 Å². The van der Waals surface area contributed by atoms with Crippen molar-refractivity contribution in [1.82, 2.24) is 4.90 Å². The molecule has 1 fully saturated rings. The standard InChI is InChI=1S/C26H34ClN3O2/c1-3-26(31)30(21-8-10-23(27)25(16-21)32-2)20-11-13-29(14-12-20)17-18-7-9-22-19(15-18)5-4-6-24(22)28/h7-10,15-16,20,24H,3-6,11-14,17,28H2,1-2H3/t24-/m1/s1. The van der Waals surface area contributed by atoms with Gasteiger partial charge in [0, 0.05) is 49.9 Å². The molecule has 2 N–H and O–H groups in total. The highest BCUT2D eigenvalue weighted by Crippen LogP contribution is 2.33. The first-order chi connectivity index (χ1) is 15.5. The Bertz CT molecular complexity index is 956. The fourth-order valence-electron chi connectivity index (χ4n) is 5.12. The lowest BCUT2D eigenvalue weighted by Gasteiger charge is -2.39. The molecule has 4 rings (SSSR count). The molecular formula is C26H34ClN3O2. The number of hydrogen-bond acceptors (Lipinski definition) is 4. The average molecular weight is 456 g/mol. The van der Waals surface area contributed by atoms with Crippen LogP contribution in [0.2, 0.25) is 5.02 Å². The van der Waals surface area contributed by atoms with Crippen molar-refractivity contribution in [1.29, 1.82) is 0 Å². The number of nitrogens with two attached hydrogens (primary N) is 1. The first-order valence-corrected chi connectivity index (χ1v) is 12.1. The van der Waals surface area contributed by atoms with E-state index in [4.69, 9.17) is 22.1 Å². The molecule has 1 amide bonds. The maximum Gasteiger partial charge on any atom is 0.226 e. The summed E-state index contributed by atoms with van der Waals surface area (Å²) in [7, 11) is 1.60. The molecule has 0 aromatic heterocycles. The number of piperidine rings is 1. The summed E-state index contributed by atoms with van der Waals surface area (Å²) in [6, 6.07) is 12.8. The van der Waals surface area contributed by atoms with E-state index in [2.05, 4.69) is 23.1 Å². The van der Waals surface area contributed by atoms with Crippen molar-refractivity contribution >= 4 is 23.2 Å². The second kappa shape index (κ2) is 10.2. The number of aryl methyl sites for hydroxylation is 1. The van der Waals surface area contributed by atoms with Gasteiger partial charge in [0.05, 0.1) is 12.1 Å². The van der Waals surface area contributed by atoms with Crippen LogP contribution in [-0.2, 0) is 17.8 Å². The predicted octanol–water partition coefficient (Wildman–Crippen LogP) is 5.09. The van der Waals surface area contributed by atoms with E-state index in [0.29, 0.717) is 17.2 Å². The number of rotatable bonds is 6. The number of anilines is 1. The van der Waals surface area contributed by atoms with E-state index in [9.17, 15) is 4.79 Å². The lowest BCUT2D eigenvalue weighted by molar-refractivity contribution is -0.119. The molecule has 2 aliphatic rings. The van der Waals surface area contributed by atoms with E-state index in [1.54, 1.807) is 7.11 Å². The molecule has 1 heterocycles. The summed E-state index contributed by atoms with van der Waals surface area (Å²) in [6.07, 6.45) is 5.78. The topological polar surface area (TPSA) is 58.8 Å². The second-order valence-corrected chi connectivity index (χ2v) is 9.38. The van der Waals surface area contributed by atoms with Crippen LogP contribution in [-0.4, -0.2) is 37.0 Å². The van der Waals surface area contributed by atoms with Gasteiger partial charge in [-0.3, -0.25) is 9.69 Å². The molecule has 0 saturated carbocycles. The van der Waals surface area contributed by atoms with Crippen molar-refractivity contribution < 1.29 is 9.53 Å². The Morgan fingerprint density at radius 2 is 1.97 bits per heavy atom. The number of amides is 1. The molecule has 172 valence electrons. The van der Waals surface area contributed by atoms with Crippen molar-refractivity contribution in [2.24, 2.45) is 5.73 Å². The number of halogens is 1. The number of likely N-dealkylation sites (tertiary alicyclic amines) is 1. The van der Waals surface area contributed by atoms with E-state index in [-0.39, 0.29) is 18.0 Å². The highest BCUT2D eigenvalue weighted by molar-refractivity contribution is 6.32. The lowest BCUT2D eigenvalue weighted by atomic mass is 9.87. The van der Waals surface area contributed by atoms with Gasteiger partial charge in [0.25, 0.3) is 0 Å². The van der Waals surface area contributed by atoms with Crippen molar-refractivity contribution in [3.05, 3.63) is 58.1 Å². The van der Waals surface area contributed by atoms with Crippen molar-refractivity contribution in [2.45, 2.75) is 64.1 Å². The highest BCUT2D eigenvalue weighted by atomic mass is 35.5. The SMILES string of the molecule is CCC(=O)N(c1ccc(Cl)c(OC)c1)C1CCN(Cc2ccc3c(c2)CCC[C@H]3N)CC1. The van der Waals surface area contributed by atoms with Crippen LogP contribution >= 0.6 is 11.6 Å². The Hall–Kier alpha value is -2.08. The smallest absolute Gasteiger partial charge is 0.226 e. The van der Waals surface area contributed by atoms with Gasteiger partial charge in [0.2, 0.25) is 5.91 Å². The Morgan fingerprint density at radius 1 is 1.19 bits per heavy atom. The largest absolute Gasteiger partial charge is 0.495 e. The molecule has 0 unspecified atom stereocenters. The van der Waals surface area contributed by atoms with Gasteiger partial charge < -0.3 is 15.4 Å². The molecule has 1 saturated heterocycles. The maximum absolute atomic E-state index is 12.9. The molecule has 32 heavy (non-hydrogen) atoms. The van der Waals surface area contributed by atoms with Gasteiger partial charge in [-0.05, 0) is 60.9 Å². The lowest BCUT2D eigenvalue weighted by Crippen LogP contribution is -2.47. The number of hydrogen-bond donors (Lipinski definition) is 1. The number of carbonyl (C=O) groups is 1. The third kappa shape index (κ3) is 4.95. The molecule has 1 aliphatic heterocycles. The summed E-state index contributed by atoms with van der Waals surface area (Å²) in [5.41, 5.74) is 11.3. The minimum atomic E-state index is 0.138. The average Bonchev–Trinajstić information content (AvgIpc) is 2.81. The summed E-state index contributed by atoms with van der Waals surface area (Å²) in [5, 5.41) is 0.556. The molecule has 6 heteroatoms. The number of nitrogens with zero attached hydrogens (tertiary/aromatic N) is 2. The molecule has 1 aliphatic carbocycles. The van der Waals surface area contributed by atoms with E-state index in [0.717, 1.165) is 51.0 Å². The summed E-state index contributed by atoms with van der Waals surface area (Å²) in [5.74, 6) is 0.737. The monoisotopic (exact) mass is 455 g/mol. The van der Waals surface area contributed by atoms with Gasteiger partial charge in [-0.2, -0.15) is 0 Å². The number of benzene rings is 2. The Labute approximate surface area is 196 Å². The fourth-order valence-corrected chi connectivity index (χ4v) is 5.32. The zero-order chi connectivity index (χ0) is 22.7. The van der Waals surface area contributed by atoms with Gasteiger partial charge >= 0.3 is 0 Å². The van der Waals surface area contributed by atoms with Crippen LogP contribution in [0, 0.1) is 0 Å². The van der Waals surface area contributed by atoms with Crippen LogP contribution in [0.1, 0.15) is 61.8 Å². The van der Waals surface area contributed by atoms with Crippen LogP contribution in [0.15, 0.2) is 36.4 Å². The first-order valence-electron chi connectivity index (χ1n) is 11.8. The molecule has 0 bridgehead atoms. The summed E-state index contributed by atoms with van der Waals surface area (Å²) in [6.45, 7) is 4.81. The van der Waals surface area contributed by atoms with Crippen LogP contribution in [0.4, 0.5) is 5.69 Å². The van der Waals surface area contributed by atoms with Gasteiger partial charge in [0.1, 0.15) is 5.75 Å². The van der Waals surface area contributed by atoms with Crippen molar-refractivity contribution in [3.63, 3.8) is 0 Å². The Morgan fingerprint density at radius 3 is 2.69 bits per heavy atom. The number of ether oxygens (including phenoxy) is 1. The summed E-state index contributed by atoms with van der Waals surface area (Å²) in [4.78, 5) is 17.3. The summed E-state index contributed by atoms with van der Waals surface area (Å²) >= 11 is 6.21. The molecule has 1 atom stereocenters. The van der Waals surface area contributed by atoms with Crippen LogP contribution in [0.3, 0.4) is 0 Å². The summed E-state index contributed by atoms with van der Waals surface area (Å²) < 4.78 is 5.38. The Kier molecular flexibility index (Phi) is 7.39. The third-order valence-electron chi connectivity index (χ3n) is 6.88. The molecule has 0 spiro atoms. The van der Waals surface area contributed by atoms with Crippen molar-refractivity contribution in [3.8, 4) is 5.75 Å². The zero-order valence-corrected chi connectivity index (χ0v) is 19.9. The minimum Gasteiger partial charge on any atom is -0.495 e. The normalized spacial score (nSPS) is 19.4. The highest BCUT2D eigenvalue weighted by Gasteiger charge is 2.29. The Balaban J connectivity index is 1.43.